The molecule has 0 saturated heterocycles. The van der Waals surface area contributed by atoms with Gasteiger partial charge in [-0.05, 0) is 37.8 Å². The van der Waals surface area contributed by atoms with E-state index in [4.69, 9.17) is 5.11 Å². The minimum atomic E-state index is -0.725. The molecule has 0 amide bonds. The molecule has 0 spiro atoms. The van der Waals surface area contributed by atoms with Crippen molar-refractivity contribution in [3.63, 3.8) is 0 Å². The van der Waals surface area contributed by atoms with Crippen LogP contribution in [-0.2, 0) is 4.79 Å². The van der Waals surface area contributed by atoms with E-state index >= 15 is 0 Å². The van der Waals surface area contributed by atoms with Crippen molar-refractivity contribution in [2.75, 3.05) is 18.6 Å². The first-order valence-electron chi connectivity index (χ1n) is 5.17. The summed E-state index contributed by atoms with van der Waals surface area (Å²) in [5.74, 6) is 0.435. The summed E-state index contributed by atoms with van der Waals surface area (Å²) >= 11 is 1.83. The molecule has 0 aromatic heterocycles. The Morgan fingerprint density at radius 2 is 2.21 bits per heavy atom. The van der Waals surface area contributed by atoms with Gasteiger partial charge in [0.1, 0.15) is 6.04 Å². The normalized spacial score (nSPS) is 12.7. The van der Waals surface area contributed by atoms with Crippen LogP contribution in [0.1, 0.15) is 32.6 Å². The highest BCUT2D eigenvalue weighted by Gasteiger charge is 2.14. The van der Waals surface area contributed by atoms with Gasteiger partial charge in [0.25, 0.3) is 0 Å². The van der Waals surface area contributed by atoms with Crippen molar-refractivity contribution in [3.05, 3.63) is 0 Å². The van der Waals surface area contributed by atoms with E-state index in [1.54, 1.807) is 0 Å². The van der Waals surface area contributed by atoms with Crippen LogP contribution < -0.4 is 5.32 Å². The van der Waals surface area contributed by atoms with Crippen LogP contribution in [0, 0.1) is 0 Å². The van der Waals surface area contributed by atoms with E-state index in [9.17, 15) is 4.79 Å². The van der Waals surface area contributed by atoms with E-state index in [1.165, 1.54) is 0 Å². The van der Waals surface area contributed by atoms with Crippen LogP contribution in [-0.4, -0.2) is 35.7 Å². The molecule has 0 fully saturated rings. The first kappa shape index (κ1) is 13.8. The fourth-order valence-corrected chi connectivity index (χ4v) is 1.74. The highest BCUT2D eigenvalue weighted by molar-refractivity contribution is 7.98. The molecule has 0 radical (unpaired) electrons. The lowest BCUT2D eigenvalue weighted by atomic mass is 10.1. The molecule has 0 aliphatic carbocycles. The summed E-state index contributed by atoms with van der Waals surface area (Å²) in [6, 6.07) is -0.353. The molecule has 1 unspecified atom stereocenters. The number of nitrogens with one attached hydrogen (secondary N) is 1. The molecule has 84 valence electrons. The van der Waals surface area contributed by atoms with Crippen molar-refractivity contribution in [2.24, 2.45) is 0 Å². The Labute approximate surface area is 90.7 Å². The molecule has 0 rings (SSSR count). The van der Waals surface area contributed by atoms with Gasteiger partial charge in [-0.25, -0.2) is 0 Å². The monoisotopic (exact) mass is 219 g/mol. The van der Waals surface area contributed by atoms with Crippen molar-refractivity contribution in [1.29, 1.82) is 0 Å². The van der Waals surface area contributed by atoms with Gasteiger partial charge in [0.2, 0.25) is 0 Å². The molecule has 14 heavy (non-hydrogen) atoms. The molecule has 0 aromatic rings. The maximum atomic E-state index is 10.7. The molecule has 0 saturated carbocycles. The molecule has 1 atom stereocenters. The zero-order chi connectivity index (χ0) is 10.8. The van der Waals surface area contributed by atoms with Gasteiger partial charge in [0, 0.05) is 0 Å². The van der Waals surface area contributed by atoms with Crippen LogP contribution in [0.3, 0.4) is 0 Å². The average Bonchev–Trinajstić information content (AvgIpc) is 2.15. The summed E-state index contributed by atoms with van der Waals surface area (Å²) in [5.41, 5.74) is 0. The zero-order valence-corrected chi connectivity index (χ0v) is 9.90. The van der Waals surface area contributed by atoms with E-state index in [2.05, 4.69) is 11.6 Å². The third-order valence-corrected chi connectivity index (χ3v) is 2.74. The standard InChI is InChI=1S/C10H21NO2S/c1-3-6-9(10(12)13)11-7-4-5-8-14-2/h9,11H,3-8H2,1-2H3,(H,12,13). The second-order valence-electron chi connectivity index (χ2n) is 3.33. The Balaban J connectivity index is 3.46. The van der Waals surface area contributed by atoms with Gasteiger partial charge >= 0.3 is 5.97 Å². The number of rotatable bonds is 9. The van der Waals surface area contributed by atoms with Crippen molar-refractivity contribution in [3.8, 4) is 0 Å². The van der Waals surface area contributed by atoms with Gasteiger partial charge in [0.05, 0.1) is 0 Å². The second kappa shape index (κ2) is 9.34. The maximum absolute atomic E-state index is 10.7. The molecular weight excluding hydrogens is 198 g/mol. The molecular formula is C10H21NO2S. The average molecular weight is 219 g/mol. The third kappa shape index (κ3) is 7.21. The molecule has 2 N–H and O–H groups in total. The van der Waals surface area contributed by atoms with E-state index in [-0.39, 0.29) is 6.04 Å². The summed E-state index contributed by atoms with van der Waals surface area (Å²) < 4.78 is 0. The van der Waals surface area contributed by atoms with Crippen molar-refractivity contribution in [2.45, 2.75) is 38.6 Å². The molecule has 0 bridgehead atoms. The zero-order valence-electron chi connectivity index (χ0n) is 9.08. The van der Waals surface area contributed by atoms with Gasteiger partial charge in [-0.3, -0.25) is 4.79 Å². The summed E-state index contributed by atoms with van der Waals surface area (Å²) in [6.45, 7) is 2.82. The number of hydrogen-bond donors (Lipinski definition) is 2. The Hall–Kier alpha value is -0.220. The Kier molecular flexibility index (Phi) is 9.19. The number of hydrogen-bond acceptors (Lipinski definition) is 3. The molecule has 0 heterocycles. The summed E-state index contributed by atoms with van der Waals surface area (Å²) in [6.07, 6.45) is 5.94. The molecule has 0 aliphatic rings. The smallest absolute Gasteiger partial charge is 0.320 e. The number of carboxylic acid groups (broad SMARTS) is 1. The first-order chi connectivity index (χ1) is 6.72. The van der Waals surface area contributed by atoms with Gasteiger partial charge in [0.15, 0.2) is 0 Å². The second-order valence-corrected chi connectivity index (χ2v) is 4.32. The van der Waals surface area contributed by atoms with Gasteiger partial charge < -0.3 is 10.4 Å². The largest absolute Gasteiger partial charge is 0.480 e. The van der Waals surface area contributed by atoms with Crippen LogP contribution in [0.5, 0.6) is 0 Å². The molecule has 3 nitrogen and oxygen atoms in total. The van der Waals surface area contributed by atoms with E-state index in [0.29, 0.717) is 0 Å². The van der Waals surface area contributed by atoms with Gasteiger partial charge in [-0.15, -0.1) is 0 Å². The molecule has 0 aliphatic heterocycles. The quantitative estimate of drug-likeness (QED) is 0.582. The van der Waals surface area contributed by atoms with Gasteiger partial charge in [-0.2, -0.15) is 11.8 Å². The minimum Gasteiger partial charge on any atom is -0.480 e. The van der Waals surface area contributed by atoms with Crippen LogP contribution in [0.2, 0.25) is 0 Å². The number of carbonyl (C=O) groups is 1. The van der Waals surface area contributed by atoms with Crippen LogP contribution in [0.25, 0.3) is 0 Å². The Bertz CT molecular complexity index is 153. The topological polar surface area (TPSA) is 49.3 Å². The van der Waals surface area contributed by atoms with Crippen molar-refractivity contribution >= 4 is 17.7 Å². The third-order valence-electron chi connectivity index (χ3n) is 2.04. The fraction of sp³-hybridized carbons (Fsp3) is 0.900. The summed E-state index contributed by atoms with van der Waals surface area (Å²) in [4.78, 5) is 10.7. The van der Waals surface area contributed by atoms with E-state index in [1.807, 2.05) is 18.7 Å². The Morgan fingerprint density at radius 3 is 2.71 bits per heavy atom. The fourth-order valence-electron chi connectivity index (χ4n) is 1.25. The maximum Gasteiger partial charge on any atom is 0.320 e. The number of aliphatic carboxylic acids is 1. The first-order valence-corrected chi connectivity index (χ1v) is 6.56. The minimum absolute atomic E-state index is 0.353. The summed E-state index contributed by atoms with van der Waals surface area (Å²) in [5, 5.41) is 11.9. The lowest BCUT2D eigenvalue weighted by Gasteiger charge is -2.12. The van der Waals surface area contributed by atoms with E-state index < -0.39 is 5.97 Å². The highest BCUT2D eigenvalue weighted by atomic mass is 32.2. The van der Waals surface area contributed by atoms with Crippen LogP contribution in [0.15, 0.2) is 0 Å². The van der Waals surface area contributed by atoms with Gasteiger partial charge in [-0.1, -0.05) is 13.3 Å². The molecule has 0 aromatic carbocycles. The number of thioether (sulfide) groups is 1. The predicted octanol–water partition coefficient (Wildman–Crippen LogP) is 1.97. The van der Waals surface area contributed by atoms with Crippen LogP contribution >= 0.6 is 11.8 Å². The van der Waals surface area contributed by atoms with Crippen molar-refractivity contribution < 1.29 is 9.90 Å². The van der Waals surface area contributed by atoms with Crippen molar-refractivity contribution in [1.82, 2.24) is 5.32 Å². The SMILES string of the molecule is CCCC(NCCCCSC)C(=O)O. The number of unbranched alkanes of at least 4 members (excludes halogenated alkanes) is 1. The summed E-state index contributed by atoms with van der Waals surface area (Å²) in [7, 11) is 0. The number of carboxylic acids is 1. The Morgan fingerprint density at radius 1 is 1.50 bits per heavy atom. The molecule has 4 heteroatoms. The lowest BCUT2D eigenvalue weighted by molar-refractivity contribution is -0.139. The lowest BCUT2D eigenvalue weighted by Crippen LogP contribution is -2.37. The van der Waals surface area contributed by atoms with E-state index in [0.717, 1.165) is 38.0 Å². The highest BCUT2D eigenvalue weighted by Crippen LogP contribution is 2.00. The van der Waals surface area contributed by atoms with Crippen LogP contribution in [0.4, 0.5) is 0 Å². The predicted molar refractivity (Wildman–Crippen MR) is 62.0 cm³/mol.